The normalized spacial score (nSPS) is 25.0. The van der Waals surface area contributed by atoms with Crippen molar-refractivity contribution >= 4 is 21.6 Å². The summed E-state index contributed by atoms with van der Waals surface area (Å²) < 4.78 is 27.1. The molecule has 1 aliphatic heterocycles. The van der Waals surface area contributed by atoms with Gasteiger partial charge in [0.25, 0.3) is 0 Å². The van der Waals surface area contributed by atoms with E-state index in [1.807, 2.05) is 6.92 Å². The van der Waals surface area contributed by atoms with Crippen molar-refractivity contribution in [1.82, 2.24) is 10.0 Å². The standard InChI is InChI=1S/C12H17ClN2O2S/c1-9-12(3-2-8-14-9)15-18(16,17)11-6-4-10(13)5-7-11/h4-7,9,12,14-15H,2-3,8H2,1H3. The summed E-state index contributed by atoms with van der Waals surface area (Å²) in [5.41, 5.74) is 0. The first-order valence-electron chi connectivity index (χ1n) is 6.00. The van der Waals surface area contributed by atoms with Crippen LogP contribution in [0.1, 0.15) is 19.8 Å². The molecule has 0 amide bonds. The van der Waals surface area contributed by atoms with Gasteiger partial charge in [-0.3, -0.25) is 0 Å². The van der Waals surface area contributed by atoms with Crippen LogP contribution in [0.2, 0.25) is 5.02 Å². The lowest BCUT2D eigenvalue weighted by Gasteiger charge is -2.30. The molecule has 2 N–H and O–H groups in total. The molecule has 2 rings (SSSR count). The molecule has 100 valence electrons. The fraction of sp³-hybridized carbons (Fsp3) is 0.500. The third-order valence-corrected chi connectivity index (χ3v) is 4.95. The van der Waals surface area contributed by atoms with Crippen molar-refractivity contribution in [3.05, 3.63) is 29.3 Å². The zero-order valence-corrected chi connectivity index (χ0v) is 11.8. The van der Waals surface area contributed by atoms with Crippen LogP contribution in [0.25, 0.3) is 0 Å². The van der Waals surface area contributed by atoms with Gasteiger partial charge in [-0.15, -0.1) is 0 Å². The molecule has 1 fully saturated rings. The number of halogens is 1. The number of hydrogen-bond donors (Lipinski definition) is 2. The van der Waals surface area contributed by atoms with Crippen LogP contribution in [-0.4, -0.2) is 27.0 Å². The van der Waals surface area contributed by atoms with Crippen molar-refractivity contribution in [3.63, 3.8) is 0 Å². The van der Waals surface area contributed by atoms with E-state index in [1.54, 1.807) is 12.1 Å². The van der Waals surface area contributed by atoms with Crippen LogP contribution in [0, 0.1) is 0 Å². The largest absolute Gasteiger partial charge is 0.313 e. The highest BCUT2D eigenvalue weighted by Gasteiger charge is 2.26. The lowest BCUT2D eigenvalue weighted by atomic mass is 10.0. The number of nitrogens with one attached hydrogen (secondary N) is 2. The SMILES string of the molecule is CC1NCCCC1NS(=O)(=O)c1ccc(Cl)cc1. The van der Waals surface area contributed by atoms with Crippen molar-refractivity contribution in [2.45, 2.75) is 36.7 Å². The van der Waals surface area contributed by atoms with Gasteiger partial charge in [0.05, 0.1) is 4.90 Å². The molecule has 0 radical (unpaired) electrons. The summed E-state index contributed by atoms with van der Waals surface area (Å²) in [6.45, 7) is 2.94. The second-order valence-corrected chi connectivity index (χ2v) is 6.72. The Hall–Kier alpha value is -0.620. The van der Waals surface area contributed by atoms with Gasteiger partial charge < -0.3 is 5.32 Å². The van der Waals surface area contributed by atoms with E-state index in [0.29, 0.717) is 5.02 Å². The molecule has 0 bridgehead atoms. The summed E-state index contributed by atoms with van der Waals surface area (Å²) in [6.07, 6.45) is 1.85. The summed E-state index contributed by atoms with van der Waals surface area (Å²) in [7, 11) is -3.46. The van der Waals surface area contributed by atoms with E-state index in [-0.39, 0.29) is 17.0 Å². The average molecular weight is 289 g/mol. The Morgan fingerprint density at radius 1 is 1.33 bits per heavy atom. The molecule has 0 aromatic heterocycles. The van der Waals surface area contributed by atoms with Crippen LogP contribution < -0.4 is 10.0 Å². The van der Waals surface area contributed by atoms with E-state index >= 15 is 0 Å². The topological polar surface area (TPSA) is 58.2 Å². The van der Waals surface area contributed by atoms with Crippen LogP contribution in [0.3, 0.4) is 0 Å². The van der Waals surface area contributed by atoms with Gasteiger partial charge >= 0.3 is 0 Å². The van der Waals surface area contributed by atoms with E-state index < -0.39 is 10.0 Å². The Kier molecular flexibility index (Phi) is 4.27. The van der Waals surface area contributed by atoms with Gasteiger partial charge in [-0.1, -0.05) is 11.6 Å². The van der Waals surface area contributed by atoms with E-state index in [1.165, 1.54) is 12.1 Å². The fourth-order valence-corrected chi connectivity index (χ4v) is 3.56. The number of sulfonamides is 1. The van der Waals surface area contributed by atoms with E-state index in [9.17, 15) is 8.42 Å². The molecule has 18 heavy (non-hydrogen) atoms. The lowest BCUT2D eigenvalue weighted by Crippen LogP contribution is -2.51. The highest BCUT2D eigenvalue weighted by molar-refractivity contribution is 7.89. The Morgan fingerprint density at radius 2 is 2.00 bits per heavy atom. The summed E-state index contributed by atoms with van der Waals surface area (Å²) in [5, 5.41) is 3.80. The highest BCUT2D eigenvalue weighted by atomic mass is 35.5. The van der Waals surface area contributed by atoms with Gasteiger partial charge in [0.15, 0.2) is 0 Å². The first-order valence-corrected chi connectivity index (χ1v) is 7.86. The Labute approximate surface area is 113 Å². The first-order chi connectivity index (χ1) is 8.49. The Balaban J connectivity index is 2.13. The summed E-state index contributed by atoms with van der Waals surface area (Å²) in [5.74, 6) is 0. The van der Waals surface area contributed by atoms with Gasteiger partial charge in [0.1, 0.15) is 0 Å². The van der Waals surface area contributed by atoms with Gasteiger partial charge in [-0.25, -0.2) is 13.1 Å². The average Bonchev–Trinajstić information content (AvgIpc) is 2.32. The Morgan fingerprint density at radius 3 is 2.61 bits per heavy atom. The van der Waals surface area contributed by atoms with E-state index in [2.05, 4.69) is 10.0 Å². The molecule has 1 saturated heterocycles. The molecule has 0 spiro atoms. The lowest BCUT2D eigenvalue weighted by molar-refractivity contribution is 0.349. The summed E-state index contributed by atoms with van der Waals surface area (Å²) in [6, 6.07) is 6.30. The van der Waals surface area contributed by atoms with Crippen LogP contribution in [0.5, 0.6) is 0 Å². The molecule has 1 aromatic rings. The third kappa shape index (κ3) is 3.23. The van der Waals surface area contributed by atoms with Crippen LogP contribution in [0.15, 0.2) is 29.2 Å². The quantitative estimate of drug-likeness (QED) is 0.891. The molecule has 4 nitrogen and oxygen atoms in total. The van der Waals surface area contributed by atoms with Crippen molar-refractivity contribution < 1.29 is 8.42 Å². The maximum Gasteiger partial charge on any atom is 0.240 e. The monoisotopic (exact) mass is 288 g/mol. The number of rotatable bonds is 3. The molecule has 1 aromatic carbocycles. The molecule has 1 aliphatic rings. The van der Waals surface area contributed by atoms with E-state index in [4.69, 9.17) is 11.6 Å². The van der Waals surface area contributed by atoms with Gasteiger partial charge in [-0.05, 0) is 50.6 Å². The Bertz CT molecular complexity index is 501. The maximum atomic E-state index is 12.2. The second-order valence-electron chi connectivity index (χ2n) is 4.57. The minimum absolute atomic E-state index is 0.0561. The second kappa shape index (κ2) is 5.57. The van der Waals surface area contributed by atoms with Crippen molar-refractivity contribution in [3.8, 4) is 0 Å². The molecular formula is C12H17ClN2O2S. The molecule has 0 saturated carbocycles. The highest BCUT2D eigenvalue weighted by Crippen LogP contribution is 2.16. The van der Waals surface area contributed by atoms with Crippen LogP contribution >= 0.6 is 11.6 Å². The zero-order valence-electron chi connectivity index (χ0n) is 10.2. The van der Waals surface area contributed by atoms with E-state index in [0.717, 1.165) is 19.4 Å². The molecule has 2 atom stereocenters. The molecular weight excluding hydrogens is 272 g/mol. The molecule has 1 heterocycles. The predicted molar refractivity (Wildman–Crippen MR) is 72.3 cm³/mol. The zero-order chi connectivity index (χ0) is 13.2. The molecule has 0 aliphatic carbocycles. The minimum atomic E-state index is -3.46. The number of benzene rings is 1. The molecule has 2 unspecified atom stereocenters. The third-order valence-electron chi connectivity index (χ3n) is 3.19. The van der Waals surface area contributed by atoms with Crippen molar-refractivity contribution in [2.24, 2.45) is 0 Å². The molecule has 6 heteroatoms. The van der Waals surface area contributed by atoms with Crippen molar-refractivity contribution in [1.29, 1.82) is 0 Å². The number of hydrogen-bond acceptors (Lipinski definition) is 3. The first kappa shape index (κ1) is 13.8. The van der Waals surface area contributed by atoms with Crippen molar-refractivity contribution in [2.75, 3.05) is 6.54 Å². The number of piperidine rings is 1. The summed E-state index contributed by atoms with van der Waals surface area (Å²) >= 11 is 5.75. The maximum absolute atomic E-state index is 12.2. The van der Waals surface area contributed by atoms with Gasteiger partial charge in [0.2, 0.25) is 10.0 Å². The fourth-order valence-electron chi connectivity index (χ4n) is 2.09. The predicted octanol–water partition coefficient (Wildman–Crippen LogP) is 1.76. The van der Waals surface area contributed by atoms with Crippen LogP contribution in [-0.2, 0) is 10.0 Å². The smallest absolute Gasteiger partial charge is 0.240 e. The summed E-state index contributed by atoms with van der Waals surface area (Å²) in [4.78, 5) is 0.254. The minimum Gasteiger partial charge on any atom is -0.313 e. The van der Waals surface area contributed by atoms with Crippen LogP contribution in [0.4, 0.5) is 0 Å². The van der Waals surface area contributed by atoms with Gasteiger partial charge in [0, 0.05) is 17.1 Å². The van der Waals surface area contributed by atoms with Gasteiger partial charge in [-0.2, -0.15) is 0 Å².